The molecule has 0 unspecified atom stereocenters. The summed E-state index contributed by atoms with van der Waals surface area (Å²) in [6.45, 7) is 1.92. The van der Waals surface area contributed by atoms with Crippen molar-refractivity contribution in [3.05, 3.63) is 127 Å². The summed E-state index contributed by atoms with van der Waals surface area (Å²) < 4.78 is 0. The maximum Gasteiger partial charge on any atom is 0.163 e. The molecule has 1 aliphatic carbocycles. The van der Waals surface area contributed by atoms with Crippen LogP contribution in [0.15, 0.2) is 121 Å². The Morgan fingerprint density at radius 2 is 0.757 bits per heavy atom. The fourth-order valence-corrected chi connectivity index (χ4v) is 5.33. The zero-order valence-corrected chi connectivity index (χ0v) is 20.4. The van der Waals surface area contributed by atoms with E-state index in [0.717, 1.165) is 11.1 Å². The molecular formula is C34H23N3. The van der Waals surface area contributed by atoms with Gasteiger partial charge in [0.05, 0.1) is 0 Å². The normalized spacial score (nSPS) is 11.4. The topological polar surface area (TPSA) is 38.7 Å². The van der Waals surface area contributed by atoms with Crippen LogP contribution in [0, 0.1) is 6.92 Å². The molecule has 1 aromatic heterocycles. The molecule has 0 saturated heterocycles. The van der Waals surface area contributed by atoms with Gasteiger partial charge in [0.15, 0.2) is 11.6 Å². The first kappa shape index (κ1) is 21.4. The molecule has 3 heteroatoms. The smallest absolute Gasteiger partial charge is 0.163 e. The minimum absolute atomic E-state index is 0.683. The van der Waals surface area contributed by atoms with Crippen LogP contribution in [0.2, 0.25) is 0 Å². The fourth-order valence-electron chi connectivity index (χ4n) is 5.33. The van der Waals surface area contributed by atoms with Crippen molar-refractivity contribution in [3.8, 4) is 67.3 Å². The molecule has 0 amide bonds. The van der Waals surface area contributed by atoms with E-state index in [1.54, 1.807) is 0 Å². The summed E-state index contributed by atoms with van der Waals surface area (Å²) in [4.78, 5) is 14.2. The lowest BCUT2D eigenvalue weighted by atomic mass is 9.80. The summed E-state index contributed by atoms with van der Waals surface area (Å²) in [5, 5.41) is 0. The number of rotatable bonds is 2. The first-order valence-corrected chi connectivity index (χ1v) is 12.5. The first-order valence-electron chi connectivity index (χ1n) is 12.5. The Hall–Kier alpha value is -4.89. The van der Waals surface area contributed by atoms with Crippen molar-refractivity contribution in [2.45, 2.75) is 6.92 Å². The lowest BCUT2D eigenvalue weighted by Gasteiger charge is -2.23. The van der Waals surface area contributed by atoms with E-state index in [4.69, 9.17) is 9.97 Å². The van der Waals surface area contributed by atoms with Crippen LogP contribution in [-0.2, 0) is 0 Å². The molecule has 5 aromatic carbocycles. The van der Waals surface area contributed by atoms with E-state index in [2.05, 4.69) is 96.0 Å². The summed E-state index contributed by atoms with van der Waals surface area (Å²) in [5.41, 5.74) is 11.7. The Kier molecular flexibility index (Phi) is 5.00. The molecule has 6 aromatic rings. The average molecular weight is 474 g/mol. The molecule has 0 fully saturated rings. The van der Waals surface area contributed by atoms with E-state index in [1.165, 1.54) is 44.5 Å². The zero-order valence-electron chi connectivity index (χ0n) is 20.4. The first-order chi connectivity index (χ1) is 18.3. The molecule has 0 N–H and O–H groups in total. The highest BCUT2D eigenvalue weighted by Crippen LogP contribution is 2.48. The SMILES string of the molecule is Cc1nc(-c2ccccc2)nc(-c2ccc3c(c2)-c2ccccc2-c2ccccc2-c2ccccc2-3)n1. The third kappa shape index (κ3) is 3.64. The number of hydrogen-bond donors (Lipinski definition) is 0. The monoisotopic (exact) mass is 473 g/mol. The molecule has 3 nitrogen and oxygen atoms in total. The molecule has 0 radical (unpaired) electrons. The Labute approximate surface area is 216 Å². The van der Waals surface area contributed by atoms with Gasteiger partial charge in [0.2, 0.25) is 0 Å². The number of fused-ring (bicyclic) bond motifs is 8. The van der Waals surface area contributed by atoms with Gasteiger partial charge in [-0.2, -0.15) is 0 Å². The summed E-state index contributed by atoms with van der Waals surface area (Å²) in [6.07, 6.45) is 0. The Bertz CT molecular complexity index is 1780. The second kappa shape index (κ2) is 8.65. The van der Waals surface area contributed by atoms with Crippen molar-refractivity contribution < 1.29 is 0 Å². The van der Waals surface area contributed by atoms with Gasteiger partial charge in [0, 0.05) is 11.1 Å². The number of aryl methyl sites for hydroxylation is 1. The van der Waals surface area contributed by atoms with Gasteiger partial charge in [-0.15, -0.1) is 0 Å². The number of hydrogen-bond acceptors (Lipinski definition) is 3. The molecule has 0 saturated carbocycles. The second-order valence-electron chi connectivity index (χ2n) is 9.29. The third-order valence-corrected chi connectivity index (χ3v) is 7.00. The maximum atomic E-state index is 4.88. The van der Waals surface area contributed by atoms with Crippen LogP contribution in [0.5, 0.6) is 0 Å². The van der Waals surface area contributed by atoms with Crippen molar-refractivity contribution in [2.24, 2.45) is 0 Å². The predicted molar refractivity (Wildman–Crippen MR) is 151 cm³/mol. The largest absolute Gasteiger partial charge is 0.213 e. The van der Waals surface area contributed by atoms with Gasteiger partial charge in [0.25, 0.3) is 0 Å². The van der Waals surface area contributed by atoms with E-state index in [-0.39, 0.29) is 0 Å². The Morgan fingerprint density at radius 3 is 1.27 bits per heavy atom. The van der Waals surface area contributed by atoms with E-state index in [0.29, 0.717) is 17.5 Å². The summed E-state index contributed by atoms with van der Waals surface area (Å²) in [5.74, 6) is 2.08. The van der Waals surface area contributed by atoms with Crippen LogP contribution in [-0.4, -0.2) is 15.0 Å². The van der Waals surface area contributed by atoms with Crippen molar-refractivity contribution in [3.63, 3.8) is 0 Å². The van der Waals surface area contributed by atoms with Gasteiger partial charge < -0.3 is 0 Å². The van der Waals surface area contributed by atoms with Crippen LogP contribution in [0.1, 0.15) is 5.82 Å². The summed E-state index contributed by atoms with van der Waals surface area (Å²) >= 11 is 0. The lowest BCUT2D eigenvalue weighted by molar-refractivity contribution is 0.992. The van der Waals surface area contributed by atoms with Crippen LogP contribution < -0.4 is 0 Å². The highest BCUT2D eigenvalue weighted by Gasteiger charge is 2.22. The van der Waals surface area contributed by atoms with E-state index < -0.39 is 0 Å². The Balaban J connectivity index is 1.49. The highest BCUT2D eigenvalue weighted by molar-refractivity contribution is 6.03. The van der Waals surface area contributed by atoms with Crippen molar-refractivity contribution in [2.75, 3.05) is 0 Å². The molecule has 0 aliphatic heterocycles. The maximum absolute atomic E-state index is 4.88. The van der Waals surface area contributed by atoms with Gasteiger partial charge >= 0.3 is 0 Å². The summed E-state index contributed by atoms with van der Waals surface area (Å²) in [7, 11) is 0. The lowest BCUT2D eigenvalue weighted by Crippen LogP contribution is -2.01. The standard InChI is InChI=1S/C34H23N3/c1-22-35-33(23-11-3-2-4-12-23)37-34(36-22)24-19-20-31-29-17-8-7-15-27(29)25-13-5-6-14-26(25)28-16-9-10-18-30(28)32(31)21-24/h2-21H,1H3. The number of aromatic nitrogens is 3. The molecular weight excluding hydrogens is 450 g/mol. The van der Waals surface area contributed by atoms with Crippen molar-refractivity contribution in [1.82, 2.24) is 15.0 Å². The fraction of sp³-hybridized carbons (Fsp3) is 0.0294. The quantitative estimate of drug-likeness (QED) is 0.253. The van der Waals surface area contributed by atoms with Crippen LogP contribution in [0.4, 0.5) is 0 Å². The van der Waals surface area contributed by atoms with Crippen molar-refractivity contribution in [1.29, 1.82) is 0 Å². The second-order valence-corrected chi connectivity index (χ2v) is 9.29. The van der Waals surface area contributed by atoms with Crippen LogP contribution >= 0.6 is 0 Å². The van der Waals surface area contributed by atoms with Gasteiger partial charge in [-0.3, -0.25) is 0 Å². The van der Waals surface area contributed by atoms with Gasteiger partial charge in [-0.05, 0) is 57.5 Å². The van der Waals surface area contributed by atoms with Gasteiger partial charge in [-0.1, -0.05) is 115 Å². The number of benzene rings is 5. The molecule has 7 rings (SSSR count). The summed E-state index contributed by atoms with van der Waals surface area (Å²) in [6, 6.07) is 42.7. The number of nitrogens with zero attached hydrogens (tertiary/aromatic N) is 3. The molecule has 0 atom stereocenters. The highest BCUT2D eigenvalue weighted by atomic mass is 15.0. The Morgan fingerprint density at radius 1 is 0.351 bits per heavy atom. The van der Waals surface area contributed by atoms with Crippen LogP contribution in [0.3, 0.4) is 0 Å². The average Bonchev–Trinajstić information content (AvgIpc) is 2.96. The molecule has 174 valence electrons. The minimum Gasteiger partial charge on any atom is -0.213 e. The van der Waals surface area contributed by atoms with Crippen molar-refractivity contribution >= 4 is 0 Å². The van der Waals surface area contributed by atoms with Gasteiger partial charge in [-0.25, -0.2) is 15.0 Å². The molecule has 1 heterocycles. The van der Waals surface area contributed by atoms with E-state index >= 15 is 0 Å². The molecule has 37 heavy (non-hydrogen) atoms. The third-order valence-electron chi connectivity index (χ3n) is 7.00. The molecule has 0 bridgehead atoms. The van der Waals surface area contributed by atoms with E-state index in [1.807, 2.05) is 37.3 Å². The predicted octanol–water partition coefficient (Wildman–Crippen LogP) is 8.50. The van der Waals surface area contributed by atoms with Gasteiger partial charge in [0.1, 0.15) is 5.82 Å². The minimum atomic E-state index is 0.683. The molecule has 1 aliphatic rings. The van der Waals surface area contributed by atoms with E-state index in [9.17, 15) is 0 Å². The van der Waals surface area contributed by atoms with Crippen LogP contribution in [0.25, 0.3) is 67.3 Å². The molecule has 0 spiro atoms. The zero-order chi connectivity index (χ0) is 24.8.